The van der Waals surface area contributed by atoms with Crippen molar-refractivity contribution in [3.63, 3.8) is 0 Å². The maximum absolute atomic E-state index is 12.3. The molecule has 1 fully saturated rings. The summed E-state index contributed by atoms with van der Waals surface area (Å²) in [6, 6.07) is 17.5. The molecule has 1 heterocycles. The van der Waals surface area contributed by atoms with Gasteiger partial charge in [-0.3, -0.25) is 9.69 Å². The summed E-state index contributed by atoms with van der Waals surface area (Å²) in [6.45, 7) is 3.16. The molecule has 0 aliphatic carbocycles. The fraction of sp³-hybridized carbons (Fsp3) is 0.211. The normalized spacial score (nSPS) is 15.4. The van der Waals surface area contributed by atoms with Gasteiger partial charge >= 0.3 is 0 Å². The molecule has 6 heteroatoms. The third kappa shape index (κ3) is 3.83. The quantitative estimate of drug-likeness (QED) is 0.891. The van der Waals surface area contributed by atoms with Crippen molar-refractivity contribution in [3.8, 4) is 6.07 Å². The van der Waals surface area contributed by atoms with E-state index in [1.54, 1.807) is 11.0 Å². The second kappa shape index (κ2) is 7.86. The van der Waals surface area contributed by atoms with Crippen LogP contribution in [0.25, 0.3) is 0 Å². The molecule has 25 heavy (non-hydrogen) atoms. The van der Waals surface area contributed by atoms with Gasteiger partial charge in [0.05, 0.1) is 29.2 Å². The number of nitriles is 1. The highest BCUT2D eigenvalue weighted by molar-refractivity contribution is 8.15. The zero-order chi connectivity index (χ0) is 17.6. The number of rotatable bonds is 5. The summed E-state index contributed by atoms with van der Waals surface area (Å²) in [4.78, 5) is 18.7. The molecule has 0 unspecified atom stereocenters. The standard InChI is InChI=1S/C19H18N4OS/c1-2-21-18-15(11-20)9-6-10-16(18)22-19-23(17(24)13-25-19)12-14-7-4-3-5-8-14/h3-10,21H,2,12-13H2,1H3. The number of amidine groups is 1. The van der Waals surface area contributed by atoms with Crippen LogP contribution in [-0.4, -0.2) is 28.3 Å². The average Bonchev–Trinajstić information content (AvgIpc) is 2.97. The number of hydrogen-bond acceptors (Lipinski definition) is 5. The van der Waals surface area contributed by atoms with E-state index in [0.717, 1.165) is 5.56 Å². The van der Waals surface area contributed by atoms with Crippen LogP contribution in [0, 0.1) is 11.3 Å². The molecule has 0 atom stereocenters. The van der Waals surface area contributed by atoms with Crippen LogP contribution in [0.15, 0.2) is 53.5 Å². The number of anilines is 1. The van der Waals surface area contributed by atoms with E-state index in [0.29, 0.717) is 40.9 Å². The Balaban J connectivity index is 1.94. The van der Waals surface area contributed by atoms with Crippen LogP contribution in [0.1, 0.15) is 18.1 Å². The summed E-state index contributed by atoms with van der Waals surface area (Å²) in [7, 11) is 0. The van der Waals surface area contributed by atoms with Gasteiger partial charge in [-0.1, -0.05) is 48.2 Å². The number of thioether (sulfide) groups is 1. The van der Waals surface area contributed by atoms with Crippen LogP contribution in [0.4, 0.5) is 11.4 Å². The molecule has 126 valence electrons. The lowest BCUT2D eigenvalue weighted by Crippen LogP contribution is -2.28. The third-order valence-corrected chi connectivity index (χ3v) is 4.73. The van der Waals surface area contributed by atoms with E-state index >= 15 is 0 Å². The van der Waals surface area contributed by atoms with Gasteiger partial charge in [-0.2, -0.15) is 5.26 Å². The van der Waals surface area contributed by atoms with Crippen LogP contribution in [0.5, 0.6) is 0 Å². The molecule has 1 amide bonds. The highest BCUT2D eigenvalue weighted by Gasteiger charge is 2.28. The lowest BCUT2D eigenvalue weighted by Gasteiger charge is -2.17. The molecule has 1 N–H and O–H groups in total. The Bertz CT molecular complexity index is 842. The van der Waals surface area contributed by atoms with Crippen molar-refractivity contribution in [1.82, 2.24) is 4.90 Å². The first-order valence-electron chi connectivity index (χ1n) is 8.05. The lowest BCUT2D eigenvalue weighted by molar-refractivity contribution is -0.124. The van der Waals surface area contributed by atoms with Crippen molar-refractivity contribution < 1.29 is 4.79 Å². The summed E-state index contributed by atoms with van der Waals surface area (Å²) in [5.41, 5.74) is 2.99. The minimum Gasteiger partial charge on any atom is -0.383 e. The highest BCUT2D eigenvalue weighted by Crippen LogP contribution is 2.32. The van der Waals surface area contributed by atoms with Gasteiger partial charge in [-0.25, -0.2) is 4.99 Å². The predicted molar refractivity (Wildman–Crippen MR) is 102 cm³/mol. The van der Waals surface area contributed by atoms with Crippen molar-refractivity contribution in [1.29, 1.82) is 5.26 Å². The van der Waals surface area contributed by atoms with E-state index in [-0.39, 0.29) is 5.91 Å². The van der Waals surface area contributed by atoms with E-state index in [1.165, 1.54) is 11.8 Å². The Labute approximate surface area is 151 Å². The molecule has 0 spiro atoms. The zero-order valence-electron chi connectivity index (χ0n) is 13.9. The second-order valence-corrected chi connectivity index (χ2v) is 6.43. The molecule has 0 bridgehead atoms. The highest BCUT2D eigenvalue weighted by atomic mass is 32.2. The Kier molecular flexibility index (Phi) is 5.36. The van der Waals surface area contributed by atoms with Crippen molar-refractivity contribution in [2.24, 2.45) is 4.99 Å². The molecule has 2 aromatic carbocycles. The molecule has 0 saturated carbocycles. The number of para-hydroxylation sites is 1. The second-order valence-electron chi connectivity index (χ2n) is 5.49. The predicted octanol–water partition coefficient (Wildman–Crippen LogP) is 3.75. The van der Waals surface area contributed by atoms with Crippen LogP contribution in [-0.2, 0) is 11.3 Å². The summed E-state index contributed by atoms with van der Waals surface area (Å²) >= 11 is 1.43. The molecular formula is C19H18N4OS. The molecule has 3 rings (SSSR count). The Morgan fingerprint density at radius 2 is 2.04 bits per heavy atom. The molecule has 5 nitrogen and oxygen atoms in total. The molecule has 0 aromatic heterocycles. The van der Waals surface area contributed by atoms with E-state index in [9.17, 15) is 10.1 Å². The molecule has 1 saturated heterocycles. The zero-order valence-corrected chi connectivity index (χ0v) is 14.7. The van der Waals surface area contributed by atoms with Crippen molar-refractivity contribution >= 4 is 34.2 Å². The van der Waals surface area contributed by atoms with Crippen LogP contribution < -0.4 is 5.32 Å². The van der Waals surface area contributed by atoms with Gasteiger partial charge in [0.25, 0.3) is 0 Å². The monoisotopic (exact) mass is 350 g/mol. The van der Waals surface area contributed by atoms with Gasteiger partial charge in [0, 0.05) is 6.54 Å². The fourth-order valence-corrected chi connectivity index (χ4v) is 3.49. The summed E-state index contributed by atoms with van der Waals surface area (Å²) in [5.74, 6) is 0.439. The topological polar surface area (TPSA) is 68.5 Å². The summed E-state index contributed by atoms with van der Waals surface area (Å²) in [5, 5.41) is 13.2. The Hall–Kier alpha value is -2.78. The summed E-state index contributed by atoms with van der Waals surface area (Å²) < 4.78 is 0. The minimum absolute atomic E-state index is 0.0500. The van der Waals surface area contributed by atoms with E-state index in [1.807, 2.05) is 49.4 Å². The average molecular weight is 350 g/mol. The fourth-order valence-electron chi connectivity index (χ4n) is 2.60. The lowest BCUT2D eigenvalue weighted by atomic mass is 10.1. The number of hydrogen-bond donors (Lipinski definition) is 1. The van der Waals surface area contributed by atoms with Gasteiger partial charge in [-0.15, -0.1) is 0 Å². The SMILES string of the molecule is CCNc1c(C#N)cccc1N=C1SCC(=O)N1Cc1ccccc1. The van der Waals surface area contributed by atoms with Gasteiger partial charge in [0.15, 0.2) is 5.17 Å². The first-order valence-corrected chi connectivity index (χ1v) is 9.04. The number of aliphatic imine (C=N–C) groups is 1. The summed E-state index contributed by atoms with van der Waals surface area (Å²) in [6.07, 6.45) is 0. The van der Waals surface area contributed by atoms with Crippen molar-refractivity contribution in [2.45, 2.75) is 13.5 Å². The van der Waals surface area contributed by atoms with Crippen LogP contribution >= 0.6 is 11.8 Å². The number of amides is 1. The number of carbonyl (C=O) groups is 1. The van der Waals surface area contributed by atoms with Gasteiger partial charge in [-0.05, 0) is 24.6 Å². The van der Waals surface area contributed by atoms with Crippen molar-refractivity contribution in [3.05, 3.63) is 59.7 Å². The van der Waals surface area contributed by atoms with E-state index < -0.39 is 0 Å². The number of benzene rings is 2. The minimum atomic E-state index is 0.0500. The van der Waals surface area contributed by atoms with Gasteiger partial charge in [0.1, 0.15) is 6.07 Å². The third-order valence-electron chi connectivity index (χ3n) is 3.77. The smallest absolute Gasteiger partial charge is 0.239 e. The number of carbonyl (C=O) groups excluding carboxylic acids is 1. The first-order chi connectivity index (χ1) is 12.2. The maximum atomic E-state index is 12.3. The van der Waals surface area contributed by atoms with Crippen LogP contribution in [0.2, 0.25) is 0 Å². The van der Waals surface area contributed by atoms with E-state index in [2.05, 4.69) is 16.4 Å². The largest absolute Gasteiger partial charge is 0.383 e. The number of nitrogens with one attached hydrogen (secondary N) is 1. The molecule has 0 radical (unpaired) electrons. The Morgan fingerprint density at radius 1 is 1.24 bits per heavy atom. The van der Waals surface area contributed by atoms with Gasteiger partial charge < -0.3 is 5.32 Å². The number of nitrogens with zero attached hydrogens (tertiary/aromatic N) is 3. The first kappa shape index (κ1) is 17.1. The Morgan fingerprint density at radius 3 is 2.76 bits per heavy atom. The molecular weight excluding hydrogens is 332 g/mol. The van der Waals surface area contributed by atoms with E-state index in [4.69, 9.17) is 0 Å². The van der Waals surface area contributed by atoms with Gasteiger partial charge in [0.2, 0.25) is 5.91 Å². The molecule has 1 aliphatic rings. The van der Waals surface area contributed by atoms with Crippen molar-refractivity contribution in [2.75, 3.05) is 17.6 Å². The maximum Gasteiger partial charge on any atom is 0.239 e. The molecule has 1 aliphatic heterocycles. The molecule has 2 aromatic rings. The van der Waals surface area contributed by atoms with Crippen LogP contribution in [0.3, 0.4) is 0 Å².